The maximum absolute atomic E-state index is 6.81. The van der Waals surface area contributed by atoms with Crippen molar-refractivity contribution in [2.75, 3.05) is 0 Å². The molecule has 5 aliphatic rings. The molecule has 3 unspecified atom stereocenters. The third-order valence-electron chi connectivity index (χ3n) is 24.2. The molecule has 0 bridgehead atoms. The van der Waals surface area contributed by atoms with Gasteiger partial charge < -0.3 is 18.0 Å². The van der Waals surface area contributed by atoms with Crippen molar-refractivity contribution in [1.29, 1.82) is 0 Å². The average Bonchev–Trinajstić information content (AvgIpc) is 1.58. The molecule has 0 aliphatic heterocycles. The Kier molecular flexibility index (Phi) is 15.8. The molecule has 8 aromatic heterocycles. The molecule has 0 N–H and O–H groups in total. The van der Waals surface area contributed by atoms with Crippen molar-refractivity contribution < 1.29 is 8.83 Å². The van der Waals surface area contributed by atoms with Crippen LogP contribution in [0.4, 0.5) is 0 Å². The molecule has 17 aromatic rings. The van der Waals surface area contributed by atoms with Gasteiger partial charge in [0.05, 0.1) is 16.7 Å². The SMILES string of the molecule is C1=CCC(C2=Cc3c(oc4ccc(-c5cc(-c6ccnc(C7=CC=CCC7C7C=Cc8c(c9ccccc9n8-c8cccc(-n9c%10c(c%11cc(-c%12cncc(-c%13ccccc%13)c%12)ccc%119)CCC=C%10)c8)C7)c6)ccc5-c5cccnc5)cc34)CC2)C(c2ccc3oc4ccc(-c5ccccc5-c5cccnc5)cc4c3c2)=C1. The zero-order chi connectivity index (χ0) is 73.7. The fraction of sp³-hybridized carbons (Fsp3) is 0.0962. The molecule has 0 fully saturated rings. The average molecular weight is 1440 g/mol. The van der Waals surface area contributed by atoms with Gasteiger partial charge in [-0.1, -0.05) is 188 Å². The molecule has 8 heteroatoms. The molecule has 8 nitrogen and oxygen atoms in total. The molecular formula is C104H74N6O2. The Labute approximate surface area is 649 Å². The molecule has 8 heterocycles. The monoisotopic (exact) mass is 1440 g/mol. The Morgan fingerprint density at radius 1 is 0.375 bits per heavy atom. The van der Waals surface area contributed by atoms with Crippen LogP contribution in [0.15, 0.2) is 343 Å². The second-order valence-electron chi connectivity index (χ2n) is 30.5. The first-order valence-electron chi connectivity index (χ1n) is 39.2. The number of nitrogens with zero attached hydrogens (tertiary/aromatic N) is 6. The van der Waals surface area contributed by atoms with Crippen LogP contribution in [-0.4, -0.2) is 29.1 Å². The summed E-state index contributed by atoms with van der Waals surface area (Å²) in [5.41, 5.74) is 35.9. The van der Waals surface area contributed by atoms with Crippen molar-refractivity contribution in [2.45, 2.75) is 44.9 Å². The van der Waals surface area contributed by atoms with Gasteiger partial charge in [-0.2, -0.15) is 0 Å². The Hall–Kier alpha value is -13.8. The third kappa shape index (κ3) is 11.3. The number of aryl methyl sites for hydroxylation is 2. The lowest BCUT2D eigenvalue weighted by Crippen LogP contribution is -2.21. The molecule has 112 heavy (non-hydrogen) atoms. The number of hydrogen-bond donors (Lipinski definition) is 0. The number of pyridine rings is 4. The highest BCUT2D eigenvalue weighted by molar-refractivity contribution is 6.08. The number of allylic oxidation sites excluding steroid dienone is 11. The van der Waals surface area contributed by atoms with Crippen LogP contribution in [-0.2, 0) is 19.3 Å². The van der Waals surface area contributed by atoms with E-state index >= 15 is 0 Å². The first-order valence-corrected chi connectivity index (χ1v) is 39.2. The fourth-order valence-corrected chi connectivity index (χ4v) is 18.9. The summed E-state index contributed by atoms with van der Waals surface area (Å²) in [5.74, 6) is 1.69. The first-order chi connectivity index (χ1) is 55.5. The van der Waals surface area contributed by atoms with E-state index in [0.717, 1.165) is 173 Å². The van der Waals surface area contributed by atoms with Crippen molar-refractivity contribution in [3.8, 4) is 89.3 Å². The van der Waals surface area contributed by atoms with Crippen LogP contribution < -0.4 is 0 Å². The van der Waals surface area contributed by atoms with Crippen molar-refractivity contribution in [3.05, 3.63) is 379 Å². The van der Waals surface area contributed by atoms with E-state index in [2.05, 4.69) is 310 Å². The molecule has 532 valence electrons. The maximum Gasteiger partial charge on any atom is 0.135 e. The predicted octanol–water partition coefficient (Wildman–Crippen LogP) is 26.3. The second kappa shape index (κ2) is 27.1. The number of fused-ring (bicyclic) bond motifs is 12. The normalized spacial score (nSPS) is 16.4. The van der Waals surface area contributed by atoms with Crippen LogP contribution in [0.1, 0.15) is 70.8 Å². The van der Waals surface area contributed by atoms with Gasteiger partial charge in [-0.25, -0.2) is 0 Å². The highest BCUT2D eigenvalue weighted by atomic mass is 16.3. The van der Waals surface area contributed by atoms with E-state index in [1.807, 2.05) is 55.5 Å². The largest absolute Gasteiger partial charge is 0.460 e. The summed E-state index contributed by atoms with van der Waals surface area (Å²) in [4.78, 5) is 19.0. The quantitative estimate of drug-likeness (QED) is 0.114. The minimum absolute atomic E-state index is 0.196. The summed E-state index contributed by atoms with van der Waals surface area (Å²) < 4.78 is 18.3. The Bertz CT molecular complexity index is 6930. The van der Waals surface area contributed by atoms with Crippen molar-refractivity contribution in [2.24, 2.45) is 17.8 Å². The molecule has 0 radical (unpaired) electrons. The molecule has 5 aliphatic carbocycles. The van der Waals surface area contributed by atoms with Gasteiger partial charge in [0.2, 0.25) is 0 Å². The van der Waals surface area contributed by atoms with Gasteiger partial charge in [-0.3, -0.25) is 19.9 Å². The summed E-state index contributed by atoms with van der Waals surface area (Å²) in [6, 6.07) is 86.4. The van der Waals surface area contributed by atoms with E-state index in [1.165, 1.54) is 77.7 Å². The summed E-state index contributed by atoms with van der Waals surface area (Å²) in [6.07, 6.45) is 45.9. The smallest absolute Gasteiger partial charge is 0.135 e. The van der Waals surface area contributed by atoms with Gasteiger partial charge in [0.25, 0.3) is 0 Å². The van der Waals surface area contributed by atoms with Crippen molar-refractivity contribution >= 4 is 84.1 Å². The van der Waals surface area contributed by atoms with Crippen molar-refractivity contribution in [1.82, 2.24) is 29.1 Å². The van der Waals surface area contributed by atoms with E-state index in [1.54, 1.807) is 0 Å². The topological polar surface area (TPSA) is 87.7 Å². The number of benzene rings is 9. The zero-order valence-electron chi connectivity index (χ0n) is 61.6. The summed E-state index contributed by atoms with van der Waals surface area (Å²) in [7, 11) is 0. The van der Waals surface area contributed by atoms with Crippen LogP contribution >= 0.6 is 0 Å². The lowest BCUT2D eigenvalue weighted by Gasteiger charge is -2.30. The van der Waals surface area contributed by atoms with Crippen LogP contribution in [0, 0.1) is 17.8 Å². The third-order valence-corrected chi connectivity index (χ3v) is 24.2. The highest BCUT2D eigenvalue weighted by Crippen LogP contribution is 2.49. The van der Waals surface area contributed by atoms with Gasteiger partial charge >= 0.3 is 0 Å². The van der Waals surface area contributed by atoms with Gasteiger partial charge in [-0.05, 0) is 255 Å². The summed E-state index contributed by atoms with van der Waals surface area (Å²) >= 11 is 0. The van der Waals surface area contributed by atoms with E-state index in [9.17, 15) is 0 Å². The Balaban J connectivity index is 0.559. The Morgan fingerprint density at radius 2 is 1.00 bits per heavy atom. The fourth-order valence-electron chi connectivity index (χ4n) is 18.9. The molecular weight excluding hydrogens is 1370 g/mol. The number of aromatic nitrogens is 6. The van der Waals surface area contributed by atoms with E-state index in [4.69, 9.17) is 18.8 Å². The molecule has 22 rings (SSSR count). The van der Waals surface area contributed by atoms with E-state index in [-0.39, 0.29) is 17.8 Å². The number of hydrogen-bond acceptors (Lipinski definition) is 6. The minimum atomic E-state index is 0.196. The number of furan rings is 2. The highest BCUT2D eigenvalue weighted by Gasteiger charge is 2.33. The molecule has 3 atom stereocenters. The molecule has 0 saturated heterocycles. The predicted molar refractivity (Wildman–Crippen MR) is 460 cm³/mol. The second-order valence-corrected chi connectivity index (χ2v) is 30.5. The number of rotatable bonds is 13. The molecule has 0 saturated carbocycles. The lowest BCUT2D eigenvalue weighted by atomic mass is 9.74. The number of para-hydroxylation sites is 1. The zero-order valence-corrected chi connectivity index (χ0v) is 61.6. The summed E-state index contributed by atoms with van der Waals surface area (Å²) in [5, 5.41) is 5.94. The first kappa shape index (κ1) is 65.3. The van der Waals surface area contributed by atoms with Crippen LogP contribution in [0.5, 0.6) is 0 Å². The molecule has 0 amide bonds. The standard InChI is InChI=1S/C104H74N6O2/c1-2-17-65(18-3-1)76-51-77(64-107-63-76)67-34-41-99-90(53-67)87-29-10-12-31-97(87)109(99)78-21-14-22-79(60-78)110-98-32-13-11-30-88(98)91-54-69(35-42-100(91)110)83-26-8-9-28-86(83)96-59-68(47-50-108-96)66-33-40-85(75-20-16-49-106-62-75)89(52-66)73-39-46-104-95(58-73)94-56-71(37-44-103(94)112-104)81-24-5-4-23-80(81)70-36-43-101-92(55-70)93-57-72(38-45-102(93)111-101)82-25-6-7-27-84(82)74-19-15-48-105-61-74/h1-9,11-23,25,27-28,30-36,38-43,45-53,55-64,69,81,83H,10,24,26,29,37,44,54H2. The van der Waals surface area contributed by atoms with Gasteiger partial charge in [0.15, 0.2) is 0 Å². The minimum Gasteiger partial charge on any atom is -0.460 e. The summed E-state index contributed by atoms with van der Waals surface area (Å²) in [6.45, 7) is 0. The van der Waals surface area contributed by atoms with Crippen LogP contribution in [0.2, 0.25) is 0 Å². The van der Waals surface area contributed by atoms with Gasteiger partial charge in [-0.15, -0.1) is 0 Å². The van der Waals surface area contributed by atoms with E-state index in [0.29, 0.717) is 0 Å². The molecule has 9 aromatic carbocycles. The van der Waals surface area contributed by atoms with E-state index < -0.39 is 0 Å². The Morgan fingerprint density at radius 3 is 1.80 bits per heavy atom. The molecule has 0 spiro atoms. The van der Waals surface area contributed by atoms with Crippen LogP contribution in [0.3, 0.4) is 0 Å². The van der Waals surface area contributed by atoms with Gasteiger partial charge in [0, 0.05) is 133 Å². The maximum atomic E-state index is 6.81. The van der Waals surface area contributed by atoms with Crippen LogP contribution in [0.25, 0.3) is 173 Å². The van der Waals surface area contributed by atoms with Gasteiger partial charge in [0.1, 0.15) is 22.5 Å². The van der Waals surface area contributed by atoms with Crippen molar-refractivity contribution in [3.63, 3.8) is 0 Å². The lowest BCUT2D eigenvalue weighted by molar-refractivity contribution is 0.484.